The molecule has 2 amide bonds. The molecule has 0 bridgehead atoms. The Morgan fingerprint density at radius 2 is 1.77 bits per heavy atom. The molecule has 1 aromatic heterocycles. The van der Waals surface area contributed by atoms with Crippen molar-refractivity contribution in [2.75, 3.05) is 18.7 Å². The lowest BCUT2D eigenvalue weighted by atomic mass is 9.84. The lowest BCUT2D eigenvalue weighted by Crippen LogP contribution is -2.47. The van der Waals surface area contributed by atoms with Gasteiger partial charge in [-0.3, -0.25) is 14.6 Å². The molecule has 3 N–H and O–H groups in total. The second-order valence-electron chi connectivity index (χ2n) is 9.91. The summed E-state index contributed by atoms with van der Waals surface area (Å²) in [5, 5.41) is 15.9. The summed E-state index contributed by atoms with van der Waals surface area (Å²) in [5.74, 6) is 1.71. The smallest absolute Gasteiger partial charge is 0.231 e. The first-order valence-corrected chi connectivity index (χ1v) is 13.0. The number of aliphatic hydroxyl groups is 1. The highest BCUT2D eigenvalue weighted by atomic mass is 16.7. The first-order chi connectivity index (χ1) is 19.1. The molecule has 4 heterocycles. The van der Waals surface area contributed by atoms with Gasteiger partial charge in [-0.05, 0) is 60.0 Å². The second-order valence-corrected chi connectivity index (χ2v) is 9.91. The van der Waals surface area contributed by atoms with Crippen molar-refractivity contribution in [1.29, 1.82) is 0 Å². The zero-order valence-corrected chi connectivity index (χ0v) is 21.2. The van der Waals surface area contributed by atoms with E-state index in [9.17, 15) is 14.7 Å². The van der Waals surface area contributed by atoms with Gasteiger partial charge in [0.2, 0.25) is 18.6 Å². The number of fused-ring (bicyclic) bond motifs is 4. The summed E-state index contributed by atoms with van der Waals surface area (Å²) in [6, 6.07) is 14.7. The van der Waals surface area contributed by atoms with Crippen LogP contribution in [-0.2, 0) is 27.3 Å². The van der Waals surface area contributed by atoms with E-state index < -0.39 is 6.10 Å². The van der Waals surface area contributed by atoms with Crippen LogP contribution in [0.3, 0.4) is 0 Å². The van der Waals surface area contributed by atoms with E-state index in [1.165, 1.54) is 0 Å². The Hall–Kier alpha value is -4.15. The summed E-state index contributed by atoms with van der Waals surface area (Å²) in [7, 11) is 0. The Kier molecular flexibility index (Phi) is 7.04. The van der Waals surface area contributed by atoms with Crippen LogP contribution in [0.4, 0.5) is 5.69 Å². The van der Waals surface area contributed by atoms with Crippen LogP contribution in [0.1, 0.15) is 35.4 Å². The summed E-state index contributed by atoms with van der Waals surface area (Å²) in [6.07, 6.45) is 2.96. The van der Waals surface area contributed by atoms with Gasteiger partial charge in [-0.1, -0.05) is 6.07 Å². The molecule has 0 unspecified atom stereocenters. The van der Waals surface area contributed by atoms with Gasteiger partial charge in [0.15, 0.2) is 11.5 Å². The lowest BCUT2D eigenvalue weighted by Gasteiger charge is -2.37. The topological polar surface area (TPSA) is 128 Å². The van der Waals surface area contributed by atoms with Crippen LogP contribution < -0.4 is 24.8 Å². The molecule has 1 fully saturated rings. The van der Waals surface area contributed by atoms with Crippen LogP contribution in [0.25, 0.3) is 0 Å². The minimum absolute atomic E-state index is 0.0744. The number of anilines is 1. The standard InChI is InChI=1S/C29H29N3O7/c33-15-26-29-22(12-20(38-26)13-27(34)31-14-18-1-3-24-25(9-18)37-16-36-24)21-11-19(2-4-23(21)39-29)32-28(35)10-17-5-7-30-8-6-17/h1-9,11,20,22,26,29,33H,10,12-16H2,(H,31,34)(H,32,35)/t20-,22+,26-,29-/m1/s1. The highest BCUT2D eigenvalue weighted by Crippen LogP contribution is 2.47. The number of pyridine rings is 1. The predicted octanol–water partition coefficient (Wildman–Crippen LogP) is 2.69. The summed E-state index contributed by atoms with van der Waals surface area (Å²) in [4.78, 5) is 29.3. The molecule has 1 saturated heterocycles. The summed E-state index contributed by atoms with van der Waals surface area (Å²) < 4.78 is 22.9. The number of nitrogens with one attached hydrogen (secondary N) is 2. The lowest BCUT2D eigenvalue weighted by molar-refractivity contribution is -0.142. The van der Waals surface area contributed by atoms with E-state index in [0.29, 0.717) is 35.9 Å². The van der Waals surface area contributed by atoms with Crippen molar-refractivity contribution in [3.8, 4) is 17.2 Å². The van der Waals surface area contributed by atoms with Crippen LogP contribution >= 0.6 is 0 Å². The number of ether oxygens (including phenoxy) is 4. The van der Waals surface area contributed by atoms with E-state index in [0.717, 1.165) is 16.7 Å². The van der Waals surface area contributed by atoms with Crippen LogP contribution in [0.5, 0.6) is 17.2 Å². The Morgan fingerprint density at radius 1 is 0.949 bits per heavy atom. The zero-order valence-electron chi connectivity index (χ0n) is 21.2. The third kappa shape index (κ3) is 5.52. The molecule has 4 atom stereocenters. The number of carbonyl (C=O) groups is 2. The highest BCUT2D eigenvalue weighted by Gasteiger charge is 2.46. The van der Waals surface area contributed by atoms with Crippen molar-refractivity contribution in [3.05, 3.63) is 77.6 Å². The fourth-order valence-electron chi connectivity index (χ4n) is 5.39. The molecule has 0 spiro atoms. The molecule has 6 rings (SSSR count). The van der Waals surface area contributed by atoms with Crippen molar-refractivity contribution in [2.24, 2.45) is 0 Å². The largest absolute Gasteiger partial charge is 0.487 e. The molecule has 3 aliphatic heterocycles. The molecule has 39 heavy (non-hydrogen) atoms. The van der Waals surface area contributed by atoms with Crippen molar-refractivity contribution in [2.45, 2.75) is 50.0 Å². The fraction of sp³-hybridized carbons (Fsp3) is 0.345. The average molecular weight is 532 g/mol. The number of hydrogen-bond donors (Lipinski definition) is 3. The van der Waals surface area contributed by atoms with Crippen molar-refractivity contribution in [1.82, 2.24) is 10.3 Å². The van der Waals surface area contributed by atoms with Gasteiger partial charge < -0.3 is 34.7 Å². The molecule has 0 saturated carbocycles. The van der Waals surface area contributed by atoms with Gasteiger partial charge in [0, 0.05) is 36.1 Å². The minimum Gasteiger partial charge on any atom is -0.487 e. The van der Waals surface area contributed by atoms with Crippen LogP contribution in [0, 0.1) is 0 Å². The molecule has 3 aliphatic rings. The maximum absolute atomic E-state index is 12.8. The second kappa shape index (κ2) is 10.9. The van der Waals surface area contributed by atoms with Crippen molar-refractivity contribution in [3.63, 3.8) is 0 Å². The van der Waals surface area contributed by atoms with Gasteiger partial charge in [-0.15, -0.1) is 0 Å². The normalized spacial score (nSPS) is 22.4. The maximum atomic E-state index is 12.8. The third-order valence-corrected chi connectivity index (χ3v) is 7.24. The number of carbonyl (C=O) groups excluding carboxylic acids is 2. The molecule has 3 aromatic rings. The monoisotopic (exact) mass is 531 g/mol. The van der Waals surface area contributed by atoms with Crippen LogP contribution in [-0.4, -0.2) is 53.6 Å². The van der Waals surface area contributed by atoms with Crippen molar-refractivity contribution < 1.29 is 33.6 Å². The van der Waals surface area contributed by atoms with Crippen molar-refractivity contribution >= 4 is 17.5 Å². The molecule has 0 aliphatic carbocycles. The van der Waals surface area contributed by atoms with E-state index in [1.807, 2.05) is 42.5 Å². The molecule has 10 nitrogen and oxygen atoms in total. The molecule has 0 radical (unpaired) electrons. The number of amides is 2. The number of nitrogens with zero attached hydrogens (tertiary/aromatic N) is 1. The zero-order chi connectivity index (χ0) is 26.8. The maximum Gasteiger partial charge on any atom is 0.231 e. The Balaban J connectivity index is 1.09. The first-order valence-electron chi connectivity index (χ1n) is 13.0. The molecule has 10 heteroatoms. The van der Waals surface area contributed by atoms with Crippen LogP contribution in [0.15, 0.2) is 60.9 Å². The van der Waals surface area contributed by atoms with E-state index in [4.69, 9.17) is 18.9 Å². The quantitative estimate of drug-likeness (QED) is 0.405. The van der Waals surface area contributed by atoms with Gasteiger partial charge in [-0.25, -0.2) is 0 Å². The van der Waals surface area contributed by atoms with Gasteiger partial charge in [0.1, 0.15) is 18.0 Å². The van der Waals surface area contributed by atoms with Gasteiger partial charge >= 0.3 is 0 Å². The molecule has 2 aromatic carbocycles. The average Bonchev–Trinajstić information content (AvgIpc) is 3.56. The Labute approximate surface area is 225 Å². The van der Waals surface area contributed by atoms with E-state index in [-0.39, 0.29) is 56.2 Å². The van der Waals surface area contributed by atoms with E-state index >= 15 is 0 Å². The van der Waals surface area contributed by atoms with Crippen LogP contribution in [0.2, 0.25) is 0 Å². The Morgan fingerprint density at radius 3 is 2.62 bits per heavy atom. The number of aromatic nitrogens is 1. The fourth-order valence-corrected chi connectivity index (χ4v) is 5.39. The number of rotatable bonds is 8. The number of benzene rings is 2. The highest BCUT2D eigenvalue weighted by molar-refractivity contribution is 5.92. The molecular formula is C29H29N3O7. The molecule has 202 valence electrons. The predicted molar refractivity (Wildman–Crippen MR) is 140 cm³/mol. The summed E-state index contributed by atoms with van der Waals surface area (Å²) in [6.45, 7) is 0.330. The van der Waals surface area contributed by atoms with Gasteiger partial charge in [0.05, 0.1) is 25.6 Å². The van der Waals surface area contributed by atoms with Gasteiger partial charge in [0.25, 0.3) is 0 Å². The number of aliphatic hydroxyl groups excluding tert-OH is 1. The number of hydrogen-bond acceptors (Lipinski definition) is 8. The SMILES string of the molecule is O=C(C[C@H]1C[C@H]2c3cc(NC(=O)Cc4ccncc4)ccc3O[C@H]2[C@@H](CO)O1)NCc1ccc2c(c1)OCO2. The summed E-state index contributed by atoms with van der Waals surface area (Å²) >= 11 is 0. The minimum atomic E-state index is -0.562. The summed E-state index contributed by atoms with van der Waals surface area (Å²) in [5.41, 5.74) is 3.39. The van der Waals surface area contributed by atoms with E-state index in [1.54, 1.807) is 18.5 Å². The molecular weight excluding hydrogens is 502 g/mol. The third-order valence-electron chi connectivity index (χ3n) is 7.24. The first kappa shape index (κ1) is 25.1. The van der Waals surface area contributed by atoms with E-state index in [2.05, 4.69) is 15.6 Å². The Bertz CT molecular complexity index is 1370. The van der Waals surface area contributed by atoms with Gasteiger partial charge in [-0.2, -0.15) is 0 Å².